The molecule has 0 atom stereocenters. The number of carboxylic acids is 1. The van der Waals surface area contributed by atoms with Crippen molar-refractivity contribution in [3.8, 4) is 11.6 Å². The topological polar surface area (TPSA) is 72.3 Å². The molecule has 0 spiro atoms. The fourth-order valence-corrected chi connectivity index (χ4v) is 1.09. The van der Waals surface area contributed by atoms with Gasteiger partial charge in [-0.05, 0) is 18.2 Å². The standard InChI is InChI=1S/C11H8N2O3/c14-11(15)8-1-2-10(13-7-8)16-9-3-5-12-6-4-9/h1-7H,(H,14,15). The van der Waals surface area contributed by atoms with Crippen molar-refractivity contribution in [1.29, 1.82) is 0 Å². The maximum absolute atomic E-state index is 10.6. The van der Waals surface area contributed by atoms with Crippen molar-refractivity contribution < 1.29 is 14.6 Å². The maximum atomic E-state index is 10.6. The number of carboxylic acid groups (broad SMARTS) is 1. The Bertz CT molecular complexity index is 482. The SMILES string of the molecule is O=C(O)c1ccc(Oc2ccncc2)nc1. The maximum Gasteiger partial charge on any atom is 0.337 e. The minimum absolute atomic E-state index is 0.127. The van der Waals surface area contributed by atoms with Crippen molar-refractivity contribution in [2.45, 2.75) is 0 Å². The van der Waals surface area contributed by atoms with Crippen LogP contribution in [-0.2, 0) is 0 Å². The number of carbonyl (C=O) groups is 1. The molecule has 0 saturated heterocycles. The van der Waals surface area contributed by atoms with Crippen molar-refractivity contribution in [1.82, 2.24) is 9.97 Å². The Morgan fingerprint density at radius 1 is 1.19 bits per heavy atom. The predicted molar refractivity (Wildman–Crippen MR) is 55.5 cm³/mol. The molecule has 16 heavy (non-hydrogen) atoms. The molecule has 2 heterocycles. The van der Waals surface area contributed by atoms with Gasteiger partial charge in [0.25, 0.3) is 0 Å². The smallest absolute Gasteiger partial charge is 0.337 e. The van der Waals surface area contributed by atoms with Crippen LogP contribution in [0.1, 0.15) is 10.4 Å². The lowest BCUT2D eigenvalue weighted by atomic mass is 10.3. The van der Waals surface area contributed by atoms with Crippen LogP contribution in [0.25, 0.3) is 0 Å². The zero-order valence-corrected chi connectivity index (χ0v) is 8.20. The van der Waals surface area contributed by atoms with Crippen LogP contribution in [0.15, 0.2) is 42.9 Å². The molecule has 0 radical (unpaired) electrons. The van der Waals surface area contributed by atoms with Gasteiger partial charge in [0, 0.05) is 24.7 Å². The molecule has 0 aliphatic carbocycles. The van der Waals surface area contributed by atoms with Crippen LogP contribution in [0.4, 0.5) is 0 Å². The van der Waals surface area contributed by atoms with E-state index in [1.807, 2.05) is 0 Å². The lowest BCUT2D eigenvalue weighted by molar-refractivity contribution is 0.0696. The number of aromatic carboxylic acids is 1. The molecule has 1 N–H and O–H groups in total. The molecule has 0 unspecified atom stereocenters. The molecule has 5 heteroatoms. The van der Waals surface area contributed by atoms with Crippen LogP contribution in [0.2, 0.25) is 0 Å². The van der Waals surface area contributed by atoms with E-state index in [9.17, 15) is 4.79 Å². The van der Waals surface area contributed by atoms with E-state index < -0.39 is 5.97 Å². The Balaban J connectivity index is 2.14. The lowest BCUT2D eigenvalue weighted by Gasteiger charge is -2.03. The van der Waals surface area contributed by atoms with Crippen LogP contribution in [0.5, 0.6) is 11.6 Å². The van der Waals surface area contributed by atoms with Gasteiger partial charge in [0.2, 0.25) is 5.88 Å². The second-order valence-electron chi connectivity index (χ2n) is 2.98. The van der Waals surface area contributed by atoms with Gasteiger partial charge in [-0.3, -0.25) is 4.98 Å². The van der Waals surface area contributed by atoms with Gasteiger partial charge in [-0.2, -0.15) is 0 Å². The first-order valence-electron chi connectivity index (χ1n) is 4.53. The van der Waals surface area contributed by atoms with Gasteiger partial charge in [0.1, 0.15) is 5.75 Å². The molecule has 80 valence electrons. The van der Waals surface area contributed by atoms with Gasteiger partial charge >= 0.3 is 5.97 Å². The van der Waals surface area contributed by atoms with Gasteiger partial charge in [-0.25, -0.2) is 9.78 Å². The molecule has 0 aromatic carbocycles. The highest BCUT2D eigenvalue weighted by Gasteiger charge is 2.03. The first-order valence-corrected chi connectivity index (χ1v) is 4.53. The molecule has 0 aliphatic rings. The first-order chi connectivity index (χ1) is 7.75. The Morgan fingerprint density at radius 3 is 2.50 bits per heavy atom. The summed E-state index contributed by atoms with van der Waals surface area (Å²) in [7, 11) is 0. The number of hydrogen-bond acceptors (Lipinski definition) is 4. The Morgan fingerprint density at radius 2 is 1.94 bits per heavy atom. The Kier molecular flexibility index (Phi) is 2.77. The molecule has 0 fully saturated rings. The third-order valence-corrected chi connectivity index (χ3v) is 1.86. The van der Waals surface area contributed by atoms with Crippen molar-refractivity contribution in [2.75, 3.05) is 0 Å². The van der Waals surface area contributed by atoms with E-state index in [1.165, 1.54) is 18.3 Å². The largest absolute Gasteiger partial charge is 0.478 e. The summed E-state index contributed by atoms with van der Waals surface area (Å²) in [6.45, 7) is 0. The van der Waals surface area contributed by atoms with Gasteiger partial charge in [0.15, 0.2) is 0 Å². The van der Waals surface area contributed by atoms with Gasteiger partial charge < -0.3 is 9.84 Å². The number of rotatable bonds is 3. The normalized spacial score (nSPS) is 9.75. The molecule has 0 bridgehead atoms. The number of pyridine rings is 2. The van der Waals surface area contributed by atoms with E-state index in [1.54, 1.807) is 24.5 Å². The Labute approximate surface area is 91.4 Å². The summed E-state index contributed by atoms with van der Waals surface area (Å²) in [6, 6.07) is 6.31. The zero-order valence-electron chi connectivity index (χ0n) is 8.20. The molecule has 2 aromatic heterocycles. The highest BCUT2D eigenvalue weighted by Crippen LogP contribution is 2.17. The number of hydrogen-bond donors (Lipinski definition) is 1. The number of nitrogens with zero attached hydrogens (tertiary/aromatic N) is 2. The first kappa shape index (κ1) is 10.1. The van der Waals surface area contributed by atoms with Crippen LogP contribution in [-0.4, -0.2) is 21.0 Å². The van der Waals surface area contributed by atoms with E-state index in [-0.39, 0.29) is 5.56 Å². The van der Waals surface area contributed by atoms with Crippen molar-refractivity contribution in [3.63, 3.8) is 0 Å². The van der Waals surface area contributed by atoms with Gasteiger partial charge in [-0.1, -0.05) is 0 Å². The molecule has 5 nitrogen and oxygen atoms in total. The summed E-state index contributed by atoms with van der Waals surface area (Å²) in [5, 5.41) is 8.68. The fraction of sp³-hybridized carbons (Fsp3) is 0. The van der Waals surface area contributed by atoms with Crippen molar-refractivity contribution in [2.24, 2.45) is 0 Å². The average Bonchev–Trinajstić information content (AvgIpc) is 2.31. The predicted octanol–water partition coefficient (Wildman–Crippen LogP) is 1.97. The molecular formula is C11H8N2O3. The summed E-state index contributed by atoms with van der Waals surface area (Å²) < 4.78 is 5.37. The van der Waals surface area contributed by atoms with Crippen LogP contribution in [0, 0.1) is 0 Å². The third kappa shape index (κ3) is 2.33. The van der Waals surface area contributed by atoms with E-state index in [0.29, 0.717) is 11.6 Å². The van der Waals surface area contributed by atoms with E-state index in [2.05, 4.69) is 9.97 Å². The van der Waals surface area contributed by atoms with E-state index in [0.717, 1.165) is 0 Å². The van der Waals surface area contributed by atoms with Gasteiger partial charge in [0.05, 0.1) is 5.56 Å². The van der Waals surface area contributed by atoms with E-state index in [4.69, 9.17) is 9.84 Å². The molecule has 0 aliphatic heterocycles. The van der Waals surface area contributed by atoms with Crippen LogP contribution in [0.3, 0.4) is 0 Å². The summed E-state index contributed by atoms with van der Waals surface area (Å²) >= 11 is 0. The van der Waals surface area contributed by atoms with Crippen LogP contribution >= 0.6 is 0 Å². The fourth-order valence-electron chi connectivity index (χ4n) is 1.09. The summed E-state index contributed by atoms with van der Waals surface area (Å²) in [6.07, 6.45) is 4.45. The lowest BCUT2D eigenvalue weighted by Crippen LogP contribution is -1.97. The zero-order chi connectivity index (χ0) is 11.4. The quantitative estimate of drug-likeness (QED) is 0.849. The number of aromatic nitrogens is 2. The van der Waals surface area contributed by atoms with E-state index >= 15 is 0 Å². The summed E-state index contributed by atoms with van der Waals surface area (Å²) in [4.78, 5) is 18.3. The molecule has 2 rings (SSSR count). The second kappa shape index (κ2) is 4.39. The minimum atomic E-state index is -1.01. The van der Waals surface area contributed by atoms with Crippen molar-refractivity contribution >= 4 is 5.97 Å². The summed E-state index contributed by atoms with van der Waals surface area (Å²) in [5.41, 5.74) is 0.127. The van der Waals surface area contributed by atoms with Crippen LogP contribution < -0.4 is 4.74 Å². The highest BCUT2D eigenvalue weighted by molar-refractivity contribution is 5.87. The molecule has 2 aromatic rings. The molecule has 0 amide bonds. The van der Waals surface area contributed by atoms with Gasteiger partial charge in [-0.15, -0.1) is 0 Å². The molecular weight excluding hydrogens is 208 g/mol. The number of ether oxygens (including phenoxy) is 1. The molecule has 0 saturated carbocycles. The summed E-state index contributed by atoms with van der Waals surface area (Å²) in [5.74, 6) is -0.0651. The average molecular weight is 216 g/mol. The monoisotopic (exact) mass is 216 g/mol. The second-order valence-corrected chi connectivity index (χ2v) is 2.98. The van der Waals surface area contributed by atoms with Crippen molar-refractivity contribution in [3.05, 3.63) is 48.4 Å². The Hall–Kier alpha value is -2.43. The third-order valence-electron chi connectivity index (χ3n) is 1.86. The minimum Gasteiger partial charge on any atom is -0.478 e. The highest BCUT2D eigenvalue weighted by atomic mass is 16.5.